The van der Waals surface area contributed by atoms with Gasteiger partial charge < -0.3 is 20.7 Å². The zero-order valence-corrected chi connectivity index (χ0v) is 17.8. The first-order valence-electron chi connectivity index (χ1n) is 8.81. The van der Waals surface area contributed by atoms with Crippen molar-refractivity contribution in [2.24, 2.45) is 4.99 Å². The third-order valence-corrected chi connectivity index (χ3v) is 3.25. The first-order chi connectivity index (χ1) is 12.2. The summed E-state index contributed by atoms with van der Waals surface area (Å²) in [5.74, 6) is -0.00894. The standard InChI is InChI=1S/C18H29FN4O2.HI/c1-3-5-12-25-13-6-11-21-18(20-4-2)22-14-17(24)23-16-9-7-15(19)8-10-16;/h7-10H,3-6,11-14H2,1-2H3,(H,23,24)(H2,20,21,22);1H. The fraction of sp³-hybridized carbons (Fsp3) is 0.556. The summed E-state index contributed by atoms with van der Waals surface area (Å²) in [6.07, 6.45) is 3.09. The van der Waals surface area contributed by atoms with Gasteiger partial charge in [-0.15, -0.1) is 24.0 Å². The number of rotatable bonds is 11. The number of carbonyl (C=O) groups excluding carboxylic acids is 1. The van der Waals surface area contributed by atoms with Gasteiger partial charge in [0.25, 0.3) is 0 Å². The van der Waals surface area contributed by atoms with E-state index in [2.05, 4.69) is 27.9 Å². The van der Waals surface area contributed by atoms with E-state index in [0.29, 0.717) is 24.8 Å². The van der Waals surface area contributed by atoms with Gasteiger partial charge in [-0.3, -0.25) is 4.79 Å². The Morgan fingerprint density at radius 1 is 1.12 bits per heavy atom. The van der Waals surface area contributed by atoms with Crippen molar-refractivity contribution in [2.45, 2.75) is 33.1 Å². The molecule has 0 fully saturated rings. The highest BCUT2D eigenvalue weighted by molar-refractivity contribution is 14.0. The van der Waals surface area contributed by atoms with Crippen LogP contribution in [0.2, 0.25) is 0 Å². The molecule has 26 heavy (non-hydrogen) atoms. The maximum absolute atomic E-state index is 12.8. The van der Waals surface area contributed by atoms with Crippen molar-refractivity contribution in [3.05, 3.63) is 30.1 Å². The lowest BCUT2D eigenvalue weighted by molar-refractivity contribution is -0.114. The summed E-state index contributed by atoms with van der Waals surface area (Å²) in [7, 11) is 0. The van der Waals surface area contributed by atoms with Crippen LogP contribution in [0.4, 0.5) is 10.1 Å². The van der Waals surface area contributed by atoms with Gasteiger partial charge in [-0.25, -0.2) is 9.38 Å². The molecule has 0 saturated carbocycles. The molecule has 3 N–H and O–H groups in total. The molecule has 0 aromatic heterocycles. The number of carbonyl (C=O) groups is 1. The van der Waals surface area contributed by atoms with E-state index < -0.39 is 0 Å². The number of halogens is 2. The molecule has 0 unspecified atom stereocenters. The van der Waals surface area contributed by atoms with E-state index >= 15 is 0 Å². The third kappa shape index (κ3) is 12.0. The van der Waals surface area contributed by atoms with Crippen molar-refractivity contribution in [3.63, 3.8) is 0 Å². The van der Waals surface area contributed by atoms with Crippen LogP contribution in [0.15, 0.2) is 29.3 Å². The van der Waals surface area contributed by atoms with Crippen molar-refractivity contribution in [1.29, 1.82) is 0 Å². The molecule has 0 saturated heterocycles. The summed E-state index contributed by atoms with van der Waals surface area (Å²) in [5.41, 5.74) is 0.545. The van der Waals surface area contributed by atoms with Gasteiger partial charge >= 0.3 is 0 Å². The van der Waals surface area contributed by atoms with Crippen LogP contribution in [0, 0.1) is 5.82 Å². The second-order valence-corrected chi connectivity index (χ2v) is 5.50. The van der Waals surface area contributed by atoms with Crippen LogP contribution in [-0.4, -0.2) is 44.7 Å². The van der Waals surface area contributed by atoms with Gasteiger partial charge in [-0.1, -0.05) is 13.3 Å². The molecule has 1 aromatic carbocycles. The summed E-state index contributed by atoms with van der Waals surface area (Å²) >= 11 is 0. The molecule has 1 aromatic rings. The van der Waals surface area contributed by atoms with Gasteiger partial charge in [0.2, 0.25) is 5.91 Å². The maximum Gasteiger partial charge on any atom is 0.246 e. The van der Waals surface area contributed by atoms with E-state index in [4.69, 9.17) is 4.74 Å². The number of nitrogens with one attached hydrogen (secondary N) is 3. The minimum absolute atomic E-state index is 0. The number of hydrogen-bond acceptors (Lipinski definition) is 3. The molecule has 0 bridgehead atoms. The Kier molecular flexibility index (Phi) is 14.9. The van der Waals surface area contributed by atoms with Crippen molar-refractivity contribution >= 4 is 41.5 Å². The van der Waals surface area contributed by atoms with Crippen LogP contribution in [0.5, 0.6) is 0 Å². The Hall–Kier alpha value is -1.42. The molecule has 0 aliphatic carbocycles. The number of anilines is 1. The predicted octanol–water partition coefficient (Wildman–Crippen LogP) is 3.14. The number of aliphatic imine (C=N–C) groups is 1. The first kappa shape index (κ1) is 24.6. The average molecular weight is 480 g/mol. The molecule has 0 aliphatic heterocycles. The van der Waals surface area contributed by atoms with Crippen LogP contribution in [0.3, 0.4) is 0 Å². The molecule has 0 atom stereocenters. The van der Waals surface area contributed by atoms with Gasteiger partial charge in [0, 0.05) is 32.0 Å². The molecule has 148 valence electrons. The Morgan fingerprint density at radius 3 is 2.46 bits per heavy atom. The minimum Gasteiger partial charge on any atom is -0.381 e. The average Bonchev–Trinajstić information content (AvgIpc) is 2.60. The van der Waals surface area contributed by atoms with Crippen molar-refractivity contribution in [2.75, 3.05) is 38.2 Å². The highest BCUT2D eigenvalue weighted by Crippen LogP contribution is 2.07. The van der Waals surface area contributed by atoms with E-state index in [1.165, 1.54) is 24.3 Å². The normalized spacial score (nSPS) is 10.8. The van der Waals surface area contributed by atoms with E-state index in [9.17, 15) is 9.18 Å². The zero-order chi connectivity index (χ0) is 18.3. The summed E-state index contributed by atoms with van der Waals surface area (Å²) in [5, 5.41) is 8.93. The van der Waals surface area contributed by atoms with E-state index in [0.717, 1.165) is 32.4 Å². The quantitative estimate of drug-likeness (QED) is 0.197. The van der Waals surface area contributed by atoms with Crippen LogP contribution < -0.4 is 16.0 Å². The first-order valence-corrected chi connectivity index (χ1v) is 8.81. The monoisotopic (exact) mass is 480 g/mol. The van der Waals surface area contributed by atoms with Crippen LogP contribution in [0.25, 0.3) is 0 Å². The predicted molar refractivity (Wildman–Crippen MR) is 115 cm³/mol. The van der Waals surface area contributed by atoms with Crippen molar-refractivity contribution in [3.8, 4) is 0 Å². The molecular weight excluding hydrogens is 450 g/mol. The third-order valence-electron chi connectivity index (χ3n) is 3.25. The molecular formula is C18H30FIN4O2. The van der Waals surface area contributed by atoms with Gasteiger partial charge in [0.05, 0.1) is 0 Å². The highest BCUT2D eigenvalue weighted by atomic mass is 127. The minimum atomic E-state index is -0.340. The lowest BCUT2D eigenvalue weighted by Gasteiger charge is -2.11. The molecule has 1 rings (SSSR count). The zero-order valence-electron chi connectivity index (χ0n) is 15.5. The van der Waals surface area contributed by atoms with Crippen LogP contribution >= 0.6 is 24.0 Å². The second kappa shape index (κ2) is 15.8. The van der Waals surface area contributed by atoms with Gasteiger partial charge in [-0.05, 0) is 44.0 Å². The van der Waals surface area contributed by atoms with Crippen molar-refractivity contribution < 1.29 is 13.9 Å². The lowest BCUT2D eigenvalue weighted by Crippen LogP contribution is -2.38. The molecule has 8 heteroatoms. The number of benzene rings is 1. The summed E-state index contributed by atoms with van der Waals surface area (Å²) in [4.78, 5) is 16.1. The summed E-state index contributed by atoms with van der Waals surface area (Å²) in [6, 6.07) is 5.62. The van der Waals surface area contributed by atoms with E-state index in [-0.39, 0.29) is 42.2 Å². The van der Waals surface area contributed by atoms with Crippen molar-refractivity contribution in [1.82, 2.24) is 10.6 Å². The number of nitrogens with zero attached hydrogens (tertiary/aromatic N) is 1. The van der Waals surface area contributed by atoms with Gasteiger partial charge in [0.1, 0.15) is 12.4 Å². The van der Waals surface area contributed by atoms with Crippen LogP contribution in [-0.2, 0) is 9.53 Å². The number of ether oxygens (including phenoxy) is 1. The fourth-order valence-corrected chi connectivity index (χ4v) is 1.96. The molecule has 1 amide bonds. The number of hydrogen-bond donors (Lipinski definition) is 3. The van der Waals surface area contributed by atoms with E-state index in [1.807, 2.05) is 6.92 Å². The second-order valence-electron chi connectivity index (χ2n) is 5.50. The van der Waals surface area contributed by atoms with Crippen LogP contribution in [0.1, 0.15) is 33.1 Å². The van der Waals surface area contributed by atoms with E-state index in [1.54, 1.807) is 0 Å². The Bertz CT molecular complexity index is 526. The molecule has 0 radical (unpaired) electrons. The summed E-state index contributed by atoms with van der Waals surface area (Å²) < 4.78 is 18.3. The highest BCUT2D eigenvalue weighted by Gasteiger charge is 2.03. The maximum atomic E-state index is 12.8. The smallest absolute Gasteiger partial charge is 0.246 e. The van der Waals surface area contributed by atoms with Gasteiger partial charge in [0.15, 0.2) is 5.96 Å². The largest absolute Gasteiger partial charge is 0.381 e. The Balaban J connectivity index is 0.00000625. The Labute approximate surface area is 172 Å². The number of guanidine groups is 1. The fourth-order valence-electron chi connectivity index (χ4n) is 1.96. The molecule has 0 spiro atoms. The molecule has 6 nitrogen and oxygen atoms in total. The number of amides is 1. The lowest BCUT2D eigenvalue weighted by atomic mass is 10.3. The SMILES string of the molecule is CCCCOCCCNC(=NCC(=O)Nc1ccc(F)cc1)NCC.I. The molecule has 0 heterocycles. The Morgan fingerprint density at radius 2 is 1.81 bits per heavy atom. The topological polar surface area (TPSA) is 74.8 Å². The van der Waals surface area contributed by atoms with Gasteiger partial charge in [-0.2, -0.15) is 0 Å². The summed E-state index contributed by atoms with van der Waals surface area (Å²) in [6.45, 7) is 7.02. The molecule has 0 aliphatic rings. The number of unbranched alkanes of at least 4 members (excludes halogenated alkanes) is 1.